The molecule has 0 aliphatic carbocycles. The van der Waals surface area contributed by atoms with Crippen LogP contribution in [0, 0.1) is 23.2 Å². The van der Waals surface area contributed by atoms with Gasteiger partial charge in [-0.15, -0.1) is 0 Å². The Labute approximate surface area is 241 Å². The number of rotatable bonds is 13. The van der Waals surface area contributed by atoms with Crippen molar-refractivity contribution in [1.29, 1.82) is 0 Å². The van der Waals surface area contributed by atoms with Crippen LogP contribution in [0.3, 0.4) is 0 Å². The predicted octanol–water partition coefficient (Wildman–Crippen LogP) is 5.75. The summed E-state index contributed by atoms with van der Waals surface area (Å²) in [7, 11) is 0. The summed E-state index contributed by atoms with van der Waals surface area (Å²) in [6, 6.07) is 2.70. The van der Waals surface area contributed by atoms with E-state index in [2.05, 4.69) is 0 Å². The molecule has 0 fully saturated rings. The smallest absolute Gasteiger partial charge is 0.480 e. The summed E-state index contributed by atoms with van der Waals surface area (Å²) in [5.41, 5.74) is 6.13. The number of aliphatic carboxylic acids is 1. The van der Waals surface area contributed by atoms with E-state index in [1.54, 1.807) is 13.8 Å². The topological polar surface area (TPSA) is 170 Å². The molecular formula is C29H45NO11. The van der Waals surface area contributed by atoms with Gasteiger partial charge < -0.3 is 39.3 Å². The molecule has 232 valence electrons. The van der Waals surface area contributed by atoms with Gasteiger partial charge in [0.25, 0.3) is 0 Å². The molecule has 0 spiro atoms. The van der Waals surface area contributed by atoms with Gasteiger partial charge in [0.1, 0.15) is 12.1 Å². The van der Waals surface area contributed by atoms with Crippen molar-refractivity contribution >= 4 is 24.4 Å². The van der Waals surface area contributed by atoms with Gasteiger partial charge in [0.05, 0.1) is 19.8 Å². The number of carbonyl (C=O) groups is 4. The van der Waals surface area contributed by atoms with E-state index in [-0.39, 0.29) is 48.6 Å². The molecule has 12 heteroatoms. The van der Waals surface area contributed by atoms with Crippen LogP contribution < -0.4 is 15.2 Å². The molecule has 0 bridgehead atoms. The summed E-state index contributed by atoms with van der Waals surface area (Å²) in [6.45, 7) is 16.6. The maximum atomic E-state index is 12.4. The highest BCUT2D eigenvalue weighted by molar-refractivity contribution is 5.75. The molecule has 1 rings (SSSR count). The average molecular weight is 584 g/mol. The lowest BCUT2D eigenvalue weighted by Gasteiger charge is -2.31. The fourth-order valence-electron chi connectivity index (χ4n) is 3.46. The van der Waals surface area contributed by atoms with E-state index in [1.807, 2.05) is 48.5 Å². The van der Waals surface area contributed by atoms with E-state index >= 15 is 0 Å². The fourth-order valence-corrected chi connectivity index (χ4v) is 3.46. The van der Waals surface area contributed by atoms with Gasteiger partial charge in [-0.1, -0.05) is 61.5 Å². The van der Waals surface area contributed by atoms with Crippen molar-refractivity contribution in [2.75, 3.05) is 19.8 Å². The number of carboxylic acid groups (broad SMARTS) is 1. The number of hydrogen-bond acceptors (Lipinski definition) is 11. The Morgan fingerprint density at radius 3 is 1.78 bits per heavy atom. The minimum atomic E-state index is -1.44. The first kappa shape index (κ1) is 35.5. The number of benzene rings is 1. The van der Waals surface area contributed by atoms with Crippen LogP contribution in [0.4, 0.5) is 14.4 Å². The lowest BCUT2D eigenvalue weighted by molar-refractivity contribution is -0.139. The summed E-state index contributed by atoms with van der Waals surface area (Å²) in [6.07, 6.45) is -3.79. The molecular weight excluding hydrogens is 538 g/mol. The van der Waals surface area contributed by atoms with Crippen LogP contribution in [0.5, 0.6) is 11.5 Å². The first-order valence-electron chi connectivity index (χ1n) is 13.6. The number of hydrogen-bond donors (Lipinski definition) is 2. The van der Waals surface area contributed by atoms with Gasteiger partial charge >= 0.3 is 24.4 Å². The van der Waals surface area contributed by atoms with Crippen molar-refractivity contribution in [3.8, 4) is 11.5 Å². The Morgan fingerprint density at radius 2 is 1.32 bits per heavy atom. The van der Waals surface area contributed by atoms with Crippen LogP contribution >= 0.6 is 0 Å². The van der Waals surface area contributed by atoms with Gasteiger partial charge in [-0.05, 0) is 41.9 Å². The quantitative estimate of drug-likeness (QED) is 0.164. The predicted molar refractivity (Wildman–Crippen MR) is 149 cm³/mol. The van der Waals surface area contributed by atoms with Crippen molar-refractivity contribution in [3.63, 3.8) is 0 Å². The molecule has 0 aliphatic heterocycles. The van der Waals surface area contributed by atoms with Crippen LogP contribution in [0.15, 0.2) is 18.2 Å². The van der Waals surface area contributed by atoms with Crippen molar-refractivity contribution in [2.45, 2.75) is 80.4 Å². The average Bonchev–Trinajstić information content (AvgIpc) is 2.85. The van der Waals surface area contributed by atoms with Gasteiger partial charge in [-0.25, -0.2) is 14.4 Å². The molecule has 0 radical (unpaired) electrons. The van der Waals surface area contributed by atoms with Crippen molar-refractivity contribution in [2.24, 2.45) is 28.9 Å². The Bertz CT molecular complexity index is 1030. The van der Waals surface area contributed by atoms with E-state index in [9.17, 15) is 24.3 Å². The van der Waals surface area contributed by atoms with E-state index in [1.165, 1.54) is 18.2 Å². The molecule has 0 amide bonds. The van der Waals surface area contributed by atoms with Crippen LogP contribution in [0.1, 0.15) is 73.8 Å². The normalized spacial score (nSPS) is 14.4. The minimum Gasteiger partial charge on any atom is -0.480 e. The zero-order valence-corrected chi connectivity index (χ0v) is 25.4. The number of carboxylic acids is 1. The third kappa shape index (κ3) is 13.1. The molecule has 3 unspecified atom stereocenters. The highest BCUT2D eigenvalue weighted by Gasteiger charge is 2.36. The molecule has 0 saturated carbocycles. The maximum absolute atomic E-state index is 12.4. The monoisotopic (exact) mass is 583 g/mol. The number of ether oxygens (including phenoxy) is 6. The number of nitrogens with two attached hydrogens (primary N) is 1. The van der Waals surface area contributed by atoms with Gasteiger partial charge in [0, 0.05) is 11.8 Å². The van der Waals surface area contributed by atoms with Crippen molar-refractivity contribution in [3.05, 3.63) is 23.8 Å². The summed E-state index contributed by atoms with van der Waals surface area (Å²) >= 11 is 0. The minimum absolute atomic E-state index is 0.0333. The second-order valence-corrected chi connectivity index (χ2v) is 12.0. The molecule has 3 N–H and O–H groups in total. The summed E-state index contributed by atoms with van der Waals surface area (Å²) in [5, 5.41) is 9.77. The van der Waals surface area contributed by atoms with Crippen LogP contribution in [0.25, 0.3) is 0 Å². The maximum Gasteiger partial charge on any atom is 0.513 e. The van der Waals surface area contributed by atoms with Gasteiger partial charge in [0.15, 0.2) is 11.5 Å². The first-order valence-corrected chi connectivity index (χ1v) is 13.6. The molecule has 12 nitrogen and oxygen atoms in total. The zero-order valence-electron chi connectivity index (χ0n) is 25.4. The largest absolute Gasteiger partial charge is 0.513 e. The summed E-state index contributed by atoms with van der Waals surface area (Å²) in [5.74, 6) is -3.17. The summed E-state index contributed by atoms with van der Waals surface area (Å²) < 4.78 is 31.3. The van der Waals surface area contributed by atoms with Crippen LogP contribution in [-0.2, 0) is 23.7 Å². The Kier molecular flexibility index (Phi) is 13.9. The second-order valence-electron chi connectivity index (χ2n) is 12.0. The summed E-state index contributed by atoms with van der Waals surface area (Å²) in [4.78, 5) is 48.9. The van der Waals surface area contributed by atoms with Gasteiger partial charge in [-0.3, -0.25) is 4.79 Å². The molecule has 0 saturated heterocycles. The Morgan fingerprint density at radius 1 is 0.805 bits per heavy atom. The zero-order chi connectivity index (χ0) is 31.5. The van der Waals surface area contributed by atoms with E-state index in [0.29, 0.717) is 5.56 Å². The highest BCUT2D eigenvalue weighted by atomic mass is 16.7. The molecule has 41 heavy (non-hydrogen) atoms. The van der Waals surface area contributed by atoms with E-state index in [4.69, 9.17) is 34.2 Å². The fraction of sp³-hybridized carbons (Fsp3) is 0.655. The molecule has 1 aromatic carbocycles. The van der Waals surface area contributed by atoms with Crippen molar-refractivity contribution in [1.82, 2.24) is 0 Å². The SMILES string of the molecule is CC(C)COC(=O)Oc1ccc(C(C(C)C(C)OC(=O)OCC(C)(C)C)[C@H](N)C(=O)O)cc1OC(=O)OCC(C)C. The molecule has 0 aromatic heterocycles. The van der Waals surface area contributed by atoms with Crippen LogP contribution in [-0.4, -0.2) is 61.5 Å². The lowest BCUT2D eigenvalue weighted by atomic mass is 9.79. The van der Waals surface area contributed by atoms with Gasteiger partial charge in [0.2, 0.25) is 0 Å². The highest BCUT2D eigenvalue weighted by Crippen LogP contribution is 2.37. The third-order valence-corrected chi connectivity index (χ3v) is 5.69. The number of carbonyl (C=O) groups excluding carboxylic acids is 3. The van der Waals surface area contributed by atoms with Crippen LogP contribution in [0.2, 0.25) is 0 Å². The third-order valence-electron chi connectivity index (χ3n) is 5.69. The molecule has 4 atom stereocenters. The first-order chi connectivity index (χ1) is 18.9. The molecule has 0 heterocycles. The molecule has 0 aliphatic rings. The second kappa shape index (κ2) is 16.0. The standard InChI is InChI=1S/C29H45NO11/c1-16(2)13-36-26(33)40-21-11-10-20(12-22(21)41-27(34)37-14-17(3)4)23(24(30)25(31)32)18(5)19(6)39-28(35)38-15-29(7,8)9/h10-12,16-19,23-24H,13-15,30H2,1-9H3,(H,31,32)/t18?,19?,23?,24-/m0/s1. The Hall–Kier alpha value is -3.54. The Balaban J connectivity index is 3.36. The lowest BCUT2D eigenvalue weighted by Crippen LogP contribution is -2.42. The molecule has 1 aromatic rings. The van der Waals surface area contributed by atoms with Crippen molar-refractivity contribution < 1.29 is 52.7 Å². The van der Waals surface area contributed by atoms with E-state index < -0.39 is 48.4 Å². The van der Waals surface area contributed by atoms with Gasteiger partial charge in [-0.2, -0.15) is 0 Å². The van der Waals surface area contributed by atoms with E-state index in [0.717, 1.165) is 0 Å².